The molecule has 0 amide bonds. The number of nitrogens with zero attached hydrogens (tertiary/aromatic N) is 2. The van der Waals surface area contributed by atoms with E-state index in [1.54, 1.807) is 26.0 Å². The molecule has 148 valence electrons. The number of hydrogen-bond acceptors (Lipinski definition) is 5. The molecule has 0 aliphatic heterocycles. The predicted octanol–water partition coefficient (Wildman–Crippen LogP) is 5.30. The highest BCUT2D eigenvalue weighted by molar-refractivity contribution is 6.05. The summed E-state index contributed by atoms with van der Waals surface area (Å²) in [7, 11) is 0. The maximum absolute atomic E-state index is 13.0. The van der Waals surface area contributed by atoms with E-state index in [1.807, 2.05) is 0 Å². The summed E-state index contributed by atoms with van der Waals surface area (Å²) in [6.45, 7) is 3.61. The standard InChI is InChI=1S/C19H16F3N3O2.ClH/c1-3-27-18(26)15-10-23-17-14(8-7-11(2)24-17)16(15)25-13-6-4-5-12(9-13)19(20,21)22;/h4-10H,3H2,1-2H3,(H,23,24,25);1H. The van der Waals surface area contributed by atoms with Crippen molar-refractivity contribution in [3.63, 3.8) is 0 Å². The minimum Gasteiger partial charge on any atom is -0.462 e. The Hall–Kier alpha value is -2.87. The first-order valence-corrected chi connectivity index (χ1v) is 8.17. The Bertz CT molecular complexity index is 1010. The van der Waals surface area contributed by atoms with Crippen molar-refractivity contribution < 1.29 is 22.7 Å². The van der Waals surface area contributed by atoms with E-state index >= 15 is 0 Å². The average Bonchev–Trinajstić information content (AvgIpc) is 2.61. The molecule has 0 bridgehead atoms. The van der Waals surface area contributed by atoms with E-state index in [1.165, 1.54) is 18.3 Å². The fourth-order valence-electron chi connectivity index (χ4n) is 2.59. The van der Waals surface area contributed by atoms with E-state index in [-0.39, 0.29) is 30.3 Å². The number of carbonyl (C=O) groups is 1. The van der Waals surface area contributed by atoms with E-state index in [9.17, 15) is 18.0 Å². The van der Waals surface area contributed by atoms with Crippen LogP contribution in [0.1, 0.15) is 28.5 Å². The molecule has 5 nitrogen and oxygen atoms in total. The Kier molecular flexibility index (Phi) is 6.45. The second-order valence-corrected chi connectivity index (χ2v) is 5.79. The summed E-state index contributed by atoms with van der Waals surface area (Å²) in [6, 6.07) is 8.18. The van der Waals surface area contributed by atoms with Crippen LogP contribution in [-0.2, 0) is 10.9 Å². The van der Waals surface area contributed by atoms with Crippen molar-refractivity contribution in [2.45, 2.75) is 20.0 Å². The van der Waals surface area contributed by atoms with Crippen molar-refractivity contribution in [1.82, 2.24) is 9.97 Å². The van der Waals surface area contributed by atoms with Crippen molar-refractivity contribution in [3.8, 4) is 0 Å². The summed E-state index contributed by atoms with van der Waals surface area (Å²) < 4.78 is 44.0. The third kappa shape index (κ3) is 4.51. The lowest BCUT2D eigenvalue weighted by atomic mass is 10.1. The number of alkyl halides is 3. The highest BCUT2D eigenvalue weighted by Crippen LogP contribution is 2.33. The maximum atomic E-state index is 13.0. The van der Waals surface area contributed by atoms with Crippen LogP contribution in [0.25, 0.3) is 11.0 Å². The molecule has 3 aromatic rings. The van der Waals surface area contributed by atoms with Crippen molar-refractivity contribution in [3.05, 3.63) is 59.4 Å². The van der Waals surface area contributed by atoms with Crippen molar-refractivity contribution in [2.75, 3.05) is 11.9 Å². The maximum Gasteiger partial charge on any atom is 0.416 e. The molecule has 0 atom stereocenters. The first-order chi connectivity index (χ1) is 12.8. The smallest absolute Gasteiger partial charge is 0.416 e. The number of halogens is 4. The van der Waals surface area contributed by atoms with E-state index in [0.717, 1.165) is 17.8 Å². The average molecular weight is 412 g/mol. The predicted molar refractivity (Wildman–Crippen MR) is 102 cm³/mol. The Morgan fingerprint density at radius 2 is 1.96 bits per heavy atom. The van der Waals surface area contributed by atoms with Gasteiger partial charge in [0.1, 0.15) is 5.56 Å². The zero-order valence-electron chi connectivity index (χ0n) is 15.0. The van der Waals surface area contributed by atoms with Crippen LogP contribution in [0.5, 0.6) is 0 Å². The normalized spacial score (nSPS) is 11.0. The van der Waals surface area contributed by atoms with Gasteiger partial charge >= 0.3 is 12.1 Å². The number of aromatic nitrogens is 2. The number of rotatable bonds is 4. The molecule has 28 heavy (non-hydrogen) atoms. The van der Waals surface area contributed by atoms with Gasteiger partial charge in [0.05, 0.1) is 17.9 Å². The molecule has 1 aromatic carbocycles. The van der Waals surface area contributed by atoms with Crippen molar-refractivity contribution >= 4 is 40.8 Å². The third-order valence-electron chi connectivity index (χ3n) is 3.82. The van der Waals surface area contributed by atoms with Gasteiger partial charge in [0.15, 0.2) is 5.65 Å². The van der Waals surface area contributed by atoms with Gasteiger partial charge in [0.2, 0.25) is 0 Å². The van der Waals surface area contributed by atoms with Gasteiger partial charge in [0, 0.05) is 23.0 Å². The van der Waals surface area contributed by atoms with Crippen LogP contribution < -0.4 is 5.32 Å². The quantitative estimate of drug-likeness (QED) is 0.590. The van der Waals surface area contributed by atoms with Gasteiger partial charge in [-0.3, -0.25) is 0 Å². The van der Waals surface area contributed by atoms with Crippen LogP contribution in [0.15, 0.2) is 42.6 Å². The van der Waals surface area contributed by atoms with Crippen LogP contribution in [0.2, 0.25) is 0 Å². The summed E-state index contributed by atoms with van der Waals surface area (Å²) in [5.74, 6) is -0.623. The first kappa shape index (κ1) is 21.4. The Morgan fingerprint density at radius 1 is 1.21 bits per heavy atom. The molecule has 9 heteroatoms. The Labute approximate surface area is 165 Å². The highest BCUT2D eigenvalue weighted by atomic mass is 35.5. The minimum atomic E-state index is -4.47. The zero-order chi connectivity index (χ0) is 19.6. The lowest BCUT2D eigenvalue weighted by Gasteiger charge is -2.15. The molecular formula is C19H17ClF3N3O2. The SMILES string of the molecule is CCOC(=O)c1cnc2nc(C)ccc2c1Nc1cccc(C(F)(F)F)c1.Cl. The fourth-order valence-corrected chi connectivity index (χ4v) is 2.59. The number of anilines is 2. The van der Waals surface area contributed by atoms with Crippen LogP contribution >= 0.6 is 12.4 Å². The van der Waals surface area contributed by atoms with Crippen LogP contribution in [0, 0.1) is 6.92 Å². The molecule has 2 aromatic heterocycles. The number of hydrogen-bond donors (Lipinski definition) is 1. The molecule has 0 aliphatic rings. The number of nitrogens with one attached hydrogen (secondary N) is 1. The topological polar surface area (TPSA) is 64.1 Å². The molecule has 0 radical (unpaired) electrons. The number of aryl methyl sites for hydroxylation is 1. The second kappa shape index (κ2) is 8.43. The molecule has 0 aliphatic carbocycles. The summed E-state index contributed by atoms with van der Waals surface area (Å²) in [6.07, 6.45) is -3.16. The number of benzene rings is 1. The molecule has 0 unspecified atom stereocenters. The van der Waals surface area contributed by atoms with Crippen molar-refractivity contribution in [1.29, 1.82) is 0 Å². The van der Waals surface area contributed by atoms with Gasteiger partial charge in [-0.15, -0.1) is 12.4 Å². The van der Waals surface area contributed by atoms with Gasteiger partial charge in [-0.25, -0.2) is 14.8 Å². The summed E-state index contributed by atoms with van der Waals surface area (Å²) in [5.41, 5.74) is 0.903. The second-order valence-electron chi connectivity index (χ2n) is 5.79. The van der Waals surface area contributed by atoms with E-state index < -0.39 is 17.7 Å². The van der Waals surface area contributed by atoms with Gasteiger partial charge in [-0.2, -0.15) is 13.2 Å². The molecule has 0 spiro atoms. The number of pyridine rings is 2. The van der Waals surface area contributed by atoms with Crippen molar-refractivity contribution in [2.24, 2.45) is 0 Å². The Morgan fingerprint density at radius 3 is 2.64 bits per heavy atom. The summed E-state index contributed by atoms with van der Waals surface area (Å²) >= 11 is 0. The number of ether oxygens (including phenoxy) is 1. The summed E-state index contributed by atoms with van der Waals surface area (Å²) in [5, 5.41) is 3.41. The molecule has 3 rings (SSSR count). The molecule has 2 heterocycles. The third-order valence-corrected chi connectivity index (χ3v) is 3.82. The Balaban J connectivity index is 0.00000280. The van der Waals surface area contributed by atoms with Crippen LogP contribution in [0.3, 0.4) is 0 Å². The van der Waals surface area contributed by atoms with Crippen LogP contribution in [-0.4, -0.2) is 22.5 Å². The summed E-state index contributed by atoms with van der Waals surface area (Å²) in [4.78, 5) is 20.8. The monoisotopic (exact) mass is 411 g/mol. The lowest BCUT2D eigenvalue weighted by molar-refractivity contribution is -0.137. The van der Waals surface area contributed by atoms with E-state index in [2.05, 4.69) is 15.3 Å². The molecule has 0 saturated heterocycles. The number of esters is 1. The zero-order valence-corrected chi connectivity index (χ0v) is 15.8. The van der Waals surface area contributed by atoms with Gasteiger partial charge in [-0.1, -0.05) is 6.07 Å². The van der Waals surface area contributed by atoms with Gasteiger partial charge in [0.25, 0.3) is 0 Å². The largest absolute Gasteiger partial charge is 0.462 e. The van der Waals surface area contributed by atoms with Gasteiger partial charge < -0.3 is 10.1 Å². The first-order valence-electron chi connectivity index (χ1n) is 8.17. The fraction of sp³-hybridized carbons (Fsp3) is 0.211. The van der Waals surface area contributed by atoms with Crippen LogP contribution in [0.4, 0.5) is 24.5 Å². The number of carbonyl (C=O) groups excluding carboxylic acids is 1. The highest BCUT2D eigenvalue weighted by Gasteiger charge is 2.30. The molecule has 0 saturated carbocycles. The van der Waals surface area contributed by atoms with E-state index in [0.29, 0.717) is 16.7 Å². The van der Waals surface area contributed by atoms with Gasteiger partial charge in [-0.05, 0) is 44.2 Å². The molecule has 0 fully saturated rings. The lowest BCUT2D eigenvalue weighted by Crippen LogP contribution is -2.10. The molecule has 1 N–H and O–H groups in total. The minimum absolute atomic E-state index is 0. The molecular weight excluding hydrogens is 395 g/mol. The van der Waals surface area contributed by atoms with E-state index in [4.69, 9.17) is 4.74 Å². The number of fused-ring (bicyclic) bond motifs is 1.